The van der Waals surface area contributed by atoms with E-state index in [0.29, 0.717) is 36.2 Å². The van der Waals surface area contributed by atoms with E-state index in [0.717, 1.165) is 30.2 Å². The van der Waals surface area contributed by atoms with Crippen LogP contribution in [0.15, 0.2) is 35.8 Å². The number of imide groups is 1. The molecular weight excluding hydrogens is 338 g/mol. The maximum atomic E-state index is 12.4. The molecule has 0 aliphatic carbocycles. The minimum Gasteiger partial charge on any atom is -0.490 e. The third kappa shape index (κ3) is 4.89. The third-order valence-corrected chi connectivity index (χ3v) is 4.44. The predicted octanol–water partition coefficient (Wildman–Crippen LogP) is 4.49. The minimum atomic E-state index is -0.228. The molecule has 0 bridgehead atoms. The summed E-state index contributed by atoms with van der Waals surface area (Å²) in [7, 11) is 0. The van der Waals surface area contributed by atoms with Crippen LogP contribution in [0.2, 0.25) is 0 Å². The largest absolute Gasteiger partial charge is 0.490 e. The van der Waals surface area contributed by atoms with E-state index in [1.165, 1.54) is 4.90 Å². The third-order valence-electron chi connectivity index (χ3n) is 3.53. The first-order valence-electron chi connectivity index (χ1n) is 8.36. The molecule has 1 aromatic rings. The van der Waals surface area contributed by atoms with E-state index < -0.39 is 0 Å². The topological polar surface area (TPSA) is 55.8 Å². The van der Waals surface area contributed by atoms with Gasteiger partial charge in [-0.25, -0.2) is 0 Å². The Morgan fingerprint density at radius 3 is 2.68 bits per heavy atom. The molecule has 1 heterocycles. The molecule has 5 nitrogen and oxygen atoms in total. The summed E-state index contributed by atoms with van der Waals surface area (Å²) in [5.41, 5.74) is 0.787. The molecule has 1 aliphatic heterocycles. The molecule has 0 radical (unpaired) electrons. The number of amides is 2. The van der Waals surface area contributed by atoms with Crippen molar-refractivity contribution in [2.45, 2.75) is 26.7 Å². The highest BCUT2D eigenvalue weighted by Gasteiger charge is 2.34. The fourth-order valence-electron chi connectivity index (χ4n) is 2.31. The van der Waals surface area contributed by atoms with E-state index >= 15 is 0 Å². The molecule has 1 saturated heterocycles. The lowest BCUT2D eigenvalue weighted by molar-refractivity contribution is -0.122. The van der Waals surface area contributed by atoms with Crippen LogP contribution < -0.4 is 9.47 Å². The van der Waals surface area contributed by atoms with Gasteiger partial charge in [-0.15, -0.1) is 0 Å². The molecule has 0 N–H and O–H groups in total. The van der Waals surface area contributed by atoms with E-state index in [-0.39, 0.29) is 11.1 Å². The summed E-state index contributed by atoms with van der Waals surface area (Å²) < 4.78 is 11.2. The first-order valence-corrected chi connectivity index (χ1v) is 9.18. The van der Waals surface area contributed by atoms with Gasteiger partial charge in [-0.3, -0.25) is 14.5 Å². The number of carbonyl (C=O) groups is 2. The fourth-order valence-corrected chi connectivity index (χ4v) is 3.18. The van der Waals surface area contributed by atoms with Crippen molar-refractivity contribution in [1.82, 2.24) is 4.90 Å². The number of thioether (sulfide) groups is 1. The average Bonchev–Trinajstić information content (AvgIpc) is 2.86. The lowest BCUT2D eigenvalue weighted by Gasteiger charge is -2.12. The first-order chi connectivity index (χ1) is 12.1. The second-order valence-electron chi connectivity index (χ2n) is 5.43. The maximum absolute atomic E-state index is 12.4. The number of hydrogen-bond acceptors (Lipinski definition) is 5. The molecule has 0 unspecified atom stereocenters. The zero-order valence-corrected chi connectivity index (χ0v) is 15.4. The van der Waals surface area contributed by atoms with Gasteiger partial charge in [-0.2, -0.15) is 0 Å². The van der Waals surface area contributed by atoms with Gasteiger partial charge in [0.05, 0.1) is 11.5 Å². The molecule has 25 heavy (non-hydrogen) atoms. The van der Waals surface area contributed by atoms with Gasteiger partial charge in [0, 0.05) is 6.54 Å². The fraction of sp³-hybridized carbons (Fsp3) is 0.368. The highest BCUT2D eigenvalue weighted by Crippen LogP contribution is 2.34. The molecule has 2 amide bonds. The van der Waals surface area contributed by atoms with Crippen molar-refractivity contribution in [1.29, 1.82) is 0 Å². The normalized spacial score (nSPS) is 15.8. The van der Waals surface area contributed by atoms with E-state index in [4.69, 9.17) is 9.47 Å². The summed E-state index contributed by atoms with van der Waals surface area (Å²) in [5.74, 6) is 0.992. The summed E-state index contributed by atoms with van der Waals surface area (Å²) in [6, 6.07) is 5.44. The van der Waals surface area contributed by atoms with Crippen LogP contribution in [-0.4, -0.2) is 35.8 Å². The molecule has 134 valence electrons. The van der Waals surface area contributed by atoms with Crippen LogP contribution in [0.4, 0.5) is 4.79 Å². The molecule has 1 aliphatic rings. The number of rotatable bonds is 9. The van der Waals surface area contributed by atoms with Crippen LogP contribution in [0.5, 0.6) is 11.5 Å². The van der Waals surface area contributed by atoms with Crippen LogP contribution >= 0.6 is 11.8 Å². The van der Waals surface area contributed by atoms with Crippen molar-refractivity contribution < 1.29 is 19.1 Å². The van der Waals surface area contributed by atoms with Gasteiger partial charge in [0.2, 0.25) is 0 Å². The van der Waals surface area contributed by atoms with E-state index in [9.17, 15) is 9.59 Å². The molecule has 2 rings (SSSR count). The van der Waals surface area contributed by atoms with E-state index in [1.807, 2.05) is 26.0 Å². The molecule has 0 aromatic heterocycles. The zero-order chi connectivity index (χ0) is 18.2. The second kappa shape index (κ2) is 9.32. The number of hydrogen-bond donors (Lipinski definition) is 0. The standard InChI is InChI=1S/C19H23NO4S/c1-4-7-10-20-18(21)17(25-19(20)22)13-14-8-9-15(24-11-5-2)16(12-14)23-6-3/h5,8-9,12-13H,2,4,6-7,10-11H2,1,3H3/b17-13-. The van der Waals surface area contributed by atoms with Crippen molar-refractivity contribution in [2.75, 3.05) is 19.8 Å². The van der Waals surface area contributed by atoms with Gasteiger partial charge in [0.15, 0.2) is 11.5 Å². The monoisotopic (exact) mass is 361 g/mol. The van der Waals surface area contributed by atoms with Crippen molar-refractivity contribution in [3.63, 3.8) is 0 Å². The lowest BCUT2D eigenvalue weighted by Crippen LogP contribution is -2.29. The molecule has 1 fully saturated rings. The average molecular weight is 361 g/mol. The van der Waals surface area contributed by atoms with Crippen molar-refractivity contribution >= 4 is 29.0 Å². The quantitative estimate of drug-likeness (QED) is 0.479. The highest BCUT2D eigenvalue weighted by atomic mass is 32.2. The number of benzene rings is 1. The molecule has 0 atom stereocenters. The summed E-state index contributed by atoms with van der Waals surface area (Å²) in [5, 5.41) is -0.208. The number of nitrogens with zero attached hydrogens (tertiary/aromatic N) is 1. The minimum absolute atomic E-state index is 0.208. The van der Waals surface area contributed by atoms with E-state index in [1.54, 1.807) is 18.2 Å². The van der Waals surface area contributed by atoms with Crippen LogP contribution in [0.3, 0.4) is 0 Å². The van der Waals surface area contributed by atoms with Crippen LogP contribution in [0.25, 0.3) is 6.08 Å². The number of ether oxygens (including phenoxy) is 2. The SMILES string of the molecule is C=CCOc1ccc(/C=C2\SC(=O)N(CCCC)C2=O)cc1OCC. The number of unbranched alkanes of at least 4 members (excludes halogenated alkanes) is 1. The molecule has 6 heteroatoms. The predicted molar refractivity (Wildman–Crippen MR) is 101 cm³/mol. The molecular formula is C19H23NO4S. The van der Waals surface area contributed by atoms with Crippen molar-refractivity contribution in [3.8, 4) is 11.5 Å². The van der Waals surface area contributed by atoms with Crippen LogP contribution in [-0.2, 0) is 4.79 Å². The number of carbonyl (C=O) groups excluding carboxylic acids is 2. The lowest BCUT2D eigenvalue weighted by atomic mass is 10.2. The highest BCUT2D eigenvalue weighted by molar-refractivity contribution is 8.18. The zero-order valence-electron chi connectivity index (χ0n) is 14.6. The maximum Gasteiger partial charge on any atom is 0.293 e. The van der Waals surface area contributed by atoms with Crippen LogP contribution in [0, 0.1) is 0 Å². The summed E-state index contributed by atoms with van der Waals surface area (Å²) in [6.45, 7) is 8.90. The summed E-state index contributed by atoms with van der Waals surface area (Å²) >= 11 is 0.978. The summed E-state index contributed by atoms with van der Waals surface area (Å²) in [4.78, 5) is 26.1. The Morgan fingerprint density at radius 2 is 2.00 bits per heavy atom. The van der Waals surface area contributed by atoms with Gasteiger partial charge in [0.25, 0.3) is 11.1 Å². The molecule has 0 saturated carbocycles. The Hall–Kier alpha value is -2.21. The first kappa shape index (κ1) is 19.1. The van der Waals surface area contributed by atoms with Gasteiger partial charge in [-0.1, -0.05) is 32.1 Å². The Balaban J connectivity index is 2.22. The Kier molecular flexibility index (Phi) is 7.13. The second-order valence-corrected chi connectivity index (χ2v) is 6.42. The Labute approximate surface area is 152 Å². The van der Waals surface area contributed by atoms with Crippen molar-refractivity contribution in [3.05, 3.63) is 41.3 Å². The van der Waals surface area contributed by atoms with Crippen LogP contribution in [0.1, 0.15) is 32.3 Å². The Morgan fingerprint density at radius 1 is 1.20 bits per heavy atom. The Bertz CT molecular complexity index is 684. The molecule has 0 spiro atoms. The summed E-state index contributed by atoms with van der Waals surface area (Å²) in [6.07, 6.45) is 5.13. The smallest absolute Gasteiger partial charge is 0.293 e. The molecule has 1 aromatic carbocycles. The van der Waals surface area contributed by atoms with E-state index in [2.05, 4.69) is 6.58 Å². The van der Waals surface area contributed by atoms with Crippen molar-refractivity contribution in [2.24, 2.45) is 0 Å². The van der Waals surface area contributed by atoms with Gasteiger partial charge in [-0.05, 0) is 48.9 Å². The van der Waals surface area contributed by atoms with Gasteiger partial charge in [0.1, 0.15) is 6.61 Å². The van der Waals surface area contributed by atoms with Gasteiger partial charge < -0.3 is 9.47 Å². The van der Waals surface area contributed by atoms with Gasteiger partial charge >= 0.3 is 0 Å².